The lowest BCUT2D eigenvalue weighted by molar-refractivity contribution is 0.0175. The second kappa shape index (κ2) is 7.44. The van der Waals surface area contributed by atoms with E-state index in [4.69, 9.17) is 0 Å². The van der Waals surface area contributed by atoms with Gasteiger partial charge in [0.25, 0.3) is 5.92 Å². The summed E-state index contributed by atoms with van der Waals surface area (Å²) in [5, 5.41) is 12.2. The number of anilines is 1. The lowest BCUT2D eigenvalue weighted by Crippen LogP contribution is -2.56. The van der Waals surface area contributed by atoms with Gasteiger partial charge in [0, 0.05) is 50.4 Å². The van der Waals surface area contributed by atoms with Crippen LogP contribution in [0.25, 0.3) is 0 Å². The molecule has 0 bridgehead atoms. The van der Waals surface area contributed by atoms with E-state index in [-0.39, 0.29) is 17.6 Å². The molecule has 0 saturated carbocycles. The van der Waals surface area contributed by atoms with Crippen molar-refractivity contribution >= 4 is 11.7 Å². The topological polar surface area (TPSA) is 55.8 Å². The maximum Gasteiger partial charge on any atom is 0.322 e. The Labute approximate surface area is 141 Å². The van der Waals surface area contributed by atoms with Gasteiger partial charge in [-0.15, -0.1) is 0 Å². The fourth-order valence-corrected chi connectivity index (χ4v) is 2.94. The van der Waals surface area contributed by atoms with Crippen molar-refractivity contribution in [2.24, 2.45) is 0 Å². The molecule has 1 aliphatic heterocycles. The Morgan fingerprint density at radius 3 is 2.75 bits per heavy atom. The molecule has 0 aromatic heterocycles. The third kappa shape index (κ3) is 4.88. The van der Waals surface area contributed by atoms with Crippen molar-refractivity contribution in [2.75, 3.05) is 31.5 Å². The average molecular weight is 341 g/mol. The van der Waals surface area contributed by atoms with E-state index in [0.29, 0.717) is 31.9 Å². The molecule has 2 rings (SSSR count). The number of nitrogens with zero attached hydrogens (tertiary/aromatic N) is 2. The third-order valence-electron chi connectivity index (χ3n) is 4.12. The molecule has 1 fully saturated rings. The van der Waals surface area contributed by atoms with E-state index < -0.39 is 12.0 Å². The Bertz CT molecular complexity index is 575. The summed E-state index contributed by atoms with van der Waals surface area (Å²) in [4.78, 5) is 16.2. The predicted octanol–water partition coefficient (Wildman–Crippen LogP) is 2.72. The molecule has 1 aromatic rings. The van der Waals surface area contributed by atoms with Crippen molar-refractivity contribution < 1.29 is 18.7 Å². The Kier molecular flexibility index (Phi) is 5.77. The van der Waals surface area contributed by atoms with Crippen molar-refractivity contribution in [3.63, 3.8) is 0 Å². The van der Waals surface area contributed by atoms with Crippen LogP contribution in [0, 0.1) is 0 Å². The molecule has 2 N–H and O–H groups in total. The standard InChI is InChI=1S/C17H25F2N3O2/c1-12-10-21(11-13(2)23)7-8-22(12)16(24)20-15-6-4-5-14(9-15)17(3,18)19/h4-6,9,12-13,23H,7-8,10-11H2,1-3H3,(H,20,24)/t12-,13+/m0/s1. The number of aliphatic hydroxyl groups is 1. The molecule has 0 spiro atoms. The van der Waals surface area contributed by atoms with Gasteiger partial charge >= 0.3 is 6.03 Å². The Morgan fingerprint density at radius 2 is 2.17 bits per heavy atom. The summed E-state index contributed by atoms with van der Waals surface area (Å²) in [5.41, 5.74) is 0.229. The minimum Gasteiger partial charge on any atom is -0.392 e. The number of urea groups is 1. The first-order valence-corrected chi connectivity index (χ1v) is 8.13. The Balaban J connectivity index is 1.98. The highest BCUT2D eigenvalue weighted by Crippen LogP contribution is 2.28. The highest BCUT2D eigenvalue weighted by molar-refractivity contribution is 5.89. The molecular weight excluding hydrogens is 316 g/mol. The molecule has 1 aliphatic rings. The highest BCUT2D eigenvalue weighted by Gasteiger charge is 2.28. The number of benzene rings is 1. The summed E-state index contributed by atoms with van der Waals surface area (Å²) < 4.78 is 26.8. The van der Waals surface area contributed by atoms with Gasteiger partial charge in [-0.2, -0.15) is 0 Å². The lowest BCUT2D eigenvalue weighted by Gasteiger charge is -2.40. The highest BCUT2D eigenvalue weighted by atomic mass is 19.3. The number of alkyl halides is 2. The van der Waals surface area contributed by atoms with Gasteiger partial charge in [0.15, 0.2) is 0 Å². The first-order chi connectivity index (χ1) is 11.2. The predicted molar refractivity (Wildman–Crippen MR) is 89.3 cm³/mol. The van der Waals surface area contributed by atoms with E-state index in [1.54, 1.807) is 17.9 Å². The number of β-amino-alcohol motifs (C(OH)–C–C–N with tert-alkyl or cyclic N) is 1. The van der Waals surface area contributed by atoms with E-state index in [2.05, 4.69) is 10.2 Å². The van der Waals surface area contributed by atoms with Crippen molar-refractivity contribution in [3.8, 4) is 0 Å². The molecule has 1 heterocycles. The molecule has 7 heteroatoms. The van der Waals surface area contributed by atoms with Gasteiger partial charge in [-0.25, -0.2) is 13.6 Å². The number of amides is 2. The van der Waals surface area contributed by atoms with Crippen molar-refractivity contribution in [3.05, 3.63) is 29.8 Å². The molecule has 2 amide bonds. The average Bonchev–Trinajstić information content (AvgIpc) is 2.46. The van der Waals surface area contributed by atoms with Crippen LogP contribution >= 0.6 is 0 Å². The fourth-order valence-electron chi connectivity index (χ4n) is 2.94. The minimum atomic E-state index is -2.94. The molecule has 24 heavy (non-hydrogen) atoms. The van der Waals surface area contributed by atoms with Crippen LogP contribution in [0.15, 0.2) is 24.3 Å². The Hall–Kier alpha value is -1.73. The van der Waals surface area contributed by atoms with Gasteiger partial charge in [-0.05, 0) is 26.0 Å². The summed E-state index contributed by atoms with van der Waals surface area (Å²) in [6, 6.07) is 5.43. The van der Waals surface area contributed by atoms with Crippen molar-refractivity contribution in [1.82, 2.24) is 9.80 Å². The maximum absolute atomic E-state index is 13.4. The number of aliphatic hydroxyl groups excluding tert-OH is 1. The second-order valence-corrected chi connectivity index (χ2v) is 6.55. The molecule has 0 unspecified atom stereocenters. The van der Waals surface area contributed by atoms with Gasteiger partial charge in [-0.3, -0.25) is 4.90 Å². The number of hydrogen-bond donors (Lipinski definition) is 2. The van der Waals surface area contributed by atoms with Gasteiger partial charge in [0.2, 0.25) is 0 Å². The number of nitrogens with one attached hydrogen (secondary N) is 1. The molecule has 134 valence electrons. The number of halogens is 2. The summed E-state index contributed by atoms with van der Waals surface area (Å²) in [6.07, 6.45) is -0.406. The SMILES string of the molecule is C[C@@H](O)CN1CCN(C(=O)Nc2cccc(C(C)(F)F)c2)[C@@H](C)C1. The van der Waals surface area contributed by atoms with Crippen molar-refractivity contribution in [2.45, 2.75) is 38.8 Å². The number of hydrogen-bond acceptors (Lipinski definition) is 3. The maximum atomic E-state index is 13.4. The molecule has 5 nitrogen and oxygen atoms in total. The number of rotatable bonds is 4. The van der Waals surface area contributed by atoms with Crippen LogP contribution in [0.4, 0.5) is 19.3 Å². The number of carbonyl (C=O) groups excluding carboxylic acids is 1. The van der Waals surface area contributed by atoms with Gasteiger partial charge in [-0.1, -0.05) is 12.1 Å². The summed E-state index contributed by atoms with van der Waals surface area (Å²) in [6.45, 7) is 6.96. The van der Waals surface area contributed by atoms with Crippen LogP contribution in [0.1, 0.15) is 26.3 Å². The lowest BCUT2D eigenvalue weighted by atomic mass is 10.1. The van der Waals surface area contributed by atoms with Gasteiger partial charge < -0.3 is 15.3 Å². The zero-order valence-electron chi connectivity index (χ0n) is 14.3. The molecule has 1 saturated heterocycles. The van der Waals surface area contributed by atoms with E-state index in [9.17, 15) is 18.7 Å². The summed E-state index contributed by atoms with van der Waals surface area (Å²) in [7, 11) is 0. The van der Waals surface area contributed by atoms with E-state index in [1.165, 1.54) is 18.2 Å². The summed E-state index contributed by atoms with van der Waals surface area (Å²) >= 11 is 0. The monoisotopic (exact) mass is 341 g/mol. The number of piperazine rings is 1. The van der Waals surface area contributed by atoms with E-state index in [0.717, 1.165) is 6.92 Å². The zero-order chi connectivity index (χ0) is 17.9. The van der Waals surface area contributed by atoms with Crippen LogP contribution in [0.2, 0.25) is 0 Å². The van der Waals surface area contributed by atoms with Crippen LogP contribution in [0.5, 0.6) is 0 Å². The van der Waals surface area contributed by atoms with E-state index in [1.807, 2.05) is 6.92 Å². The van der Waals surface area contributed by atoms with Crippen LogP contribution < -0.4 is 5.32 Å². The van der Waals surface area contributed by atoms with Crippen LogP contribution in [-0.4, -0.2) is 59.3 Å². The summed E-state index contributed by atoms with van der Waals surface area (Å²) in [5.74, 6) is -2.94. The minimum absolute atomic E-state index is 0.0201. The quantitative estimate of drug-likeness (QED) is 0.885. The van der Waals surface area contributed by atoms with Crippen LogP contribution in [-0.2, 0) is 5.92 Å². The second-order valence-electron chi connectivity index (χ2n) is 6.55. The molecule has 1 aromatic carbocycles. The number of carbonyl (C=O) groups is 1. The Morgan fingerprint density at radius 1 is 1.46 bits per heavy atom. The first kappa shape index (κ1) is 18.6. The molecule has 0 radical (unpaired) electrons. The van der Waals surface area contributed by atoms with Crippen LogP contribution in [0.3, 0.4) is 0 Å². The fraction of sp³-hybridized carbons (Fsp3) is 0.588. The first-order valence-electron chi connectivity index (χ1n) is 8.13. The third-order valence-corrected chi connectivity index (χ3v) is 4.12. The molecular formula is C17H25F2N3O2. The zero-order valence-corrected chi connectivity index (χ0v) is 14.3. The molecule has 0 aliphatic carbocycles. The van der Waals surface area contributed by atoms with Crippen molar-refractivity contribution in [1.29, 1.82) is 0 Å². The van der Waals surface area contributed by atoms with Gasteiger partial charge in [0.05, 0.1) is 6.10 Å². The molecule has 2 atom stereocenters. The van der Waals surface area contributed by atoms with E-state index >= 15 is 0 Å². The normalized spacial score (nSPS) is 20.8. The van der Waals surface area contributed by atoms with Gasteiger partial charge in [0.1, 0.15) is 0 Å². The largest absolute Gasteiger partial charge is 0.392 e. The smallest absolute Gasteiger partial charge is 0.322 e.